The summed E-state index contributed by atoms with van der Waals surface area (Å²) in [6.07, 6.45) is -0.126. The van der Waals surface area contributed by atoms with Crippen molar-refractivity contribution in [2.45, 2.75) is 57.7 Å². The monoisotopic (exact) mass is 351 g/mol. The molecule has 7 heteroatoms. The van der Waals surface area contributed by atoms with Crippen molar-refractivity contribution in [3.8, 4) is 0 Å². The van der Waals surface area contributed by atoms with Crippen molar-refractivity contribution in [3.63, 3.8) is 0 Å². The summed E-state index contributed by atoms with van der Waals surface area (Å²) in [4.78, 5) is 13.4. The highest BCUT2D eigenvalue weighted by atomic mass is 19.3. The molecule has 2 fully saturated rings. The fourth-order valence-electron chi connectivity index (χ4n) is 3.01. The van der Waals surface area contributed by atoms with Gasteiger partial charge in [-0.3, -0.25) is 4.79 Å². The predicted molar refractivity (Wildman–Crippen MR) is 92.0 cm³/mol. The largest absolute Gasteiger partial charge is 0.494 e. The van der Waals surface area contributed by atoms with Crippen LogP contribution in [0.3, 0.4) is 0 Å². The summed E-state index contributed by atoms with van der Waals surface area (Å²) in [7, 11) is -0.452. The van der Waals surface area contributed by atoms with Gasteiger partial charge in [-0.2, -0.15) is 0 Å². The molecule has 25 heavy (non-hydrogen) atoms. The summed E-state index contributed by atoms with van der Waals surface area (Å²) in [6.45, 7) is 7.62. The third-order valence-corrected chi connectivity index (χ3v) is 5.38. The van der Waals surface area contributed by atoms with Crippen LogP contribution in [0.15, 0.2) is 24.3 Å². The summed E-state index contributed by atoms with van der Waals surface area (Å²) in [6, 6.07) is 7.38. The van der Waals surface area contributed by atoms with Gasteiger partial charge in [-0.1, -0.05) is 24.3 Å². The quantitative estimate of drug-likeness (QED) is 0.785. The summed E-state index contributed by atoms with van der Waals surface area (Å²) in [5.41, 5.74) is 0.851. The van der Waals surface area contributed by atoms with E-state index in [1.807, 2.05) is 52.0 Å². The Bertz CT molecular complexity index is 645. The Morgan fingerprint density at radius 1 is 1.12 bits per heavy atom. The molecule has 1 aromatic carbocycles. The molecule has 0 unspecified atom stereocenters. The van der Waals surface area contributed by atoms with Crippen molar-refractivity contribution in [2.75, 3.05) is 13.1 Å². The molecule has 0 N–H and O–H groups in total. The number of hydrogen-bond acceptors (Lipinski definition) is 3. The highest BCUT2D eigenvalue weighted by molar-refractivity contribution is 6.62. The Balaban J connectivity index is 1.63. The third-order valence-electron chi connectivity index (χ3n) is 5.38. The van der Waals surface area contributed by atoms with Crippen molar-refractivity contribution in [1.29, 1.82) is 0 Å². The maximum atomic E-state index is 13.2. The molecule has 4 nitrogen and oxygen atoms in total. The summed E-state index contributed by atoms with van der Waals surface area (Å²) in [5, 5.41) is 0. The summed E-state index contributed by atoms with van der Waals surface area (Å²) in [5.74, 6) is -3.02. The van der Waals surface area contributed by atoms with Crippen LogP contribution in [0.1, 0.15) is 39.7 Å². The topological polar surface area (TPSA) is 38.8 Å². The van der Waals surface area contributed by atoms with E-state index in [0.717, 1.165) is 11.0 Å². The average Bonchev–Trinajstić information content (AvgIpc) is 2.96. The van der Waals surface area contributed by atoms with Crippen molar-refractivity contribution in [1.82, 2.24) is 4.90 Å². The number of rotatable bonds is 3. The molecule has 0 radical (unpaired) electrons. The highest BCUT2D eigenvalue weighted by Gasteiger charge is 2.51. The number of amides is 1. The van der Waals surface area contributed by atoms with Gasteiger partial charge >= 0.3 is 7.12 Å². The third kappa shape index (κ3) is 3.72. The first-order chi connectivity index (χ1) is 11.5. The molecule has 2 heterocycles. The minimum atomic E-state index is -2.75. The molecule has 0 aromatic heterocycles. The van der Waals surface area contributed by atoms with E-state index in [1.54, 1.807) is 0 Å². The first-order valence-corrected chi connectivity index (χ1v) is 8.59. The van der Waals surface area contributed by atoms with Crippen LogP contribution >= 0.6 is 0 Å². The van der Waals surface area contributed by atoms with Crippen LogP contribution in [0, 0.1) is 0 Å². The first-order valence-electron chi connectivity index (χ1n) is 8.59. The average molecular weight is 351 g/mol. The van der Waals surface area contributed by atoms with E-state index in [9.17, 15) is 13.6 Å². The van der Waals surface area contributed by atoms with Crippen LogP contribution in [0.25, 0.3) is 0 Å². The van der Waals surface area contributed by atoms with Crippen molar-refractivity contribution < 1.29 is 22.9 Å². The summed E-state index contributed by atoms with van der Waals surface area (Å²) >= 11 is 0. The SMILES string of the molecule is CC1(C)OB(c2ccc(CC(=O)N3CCC(F)(F)C3)cc2)OC1(C)C. The molecule has 2 aliphatic heterocycles. The maximum Gasteiger partial charge on any atom is 0.494 e. The molecule has 2 saturated heterocycles. The van der Waals surface area contributed by atoms with Crippen molar-refractivity contribution >= 4 is 18.5 Å². The molecule has 1 aromatic rings. The van der Waals surface area contributed by atoms with Crippen molar-refractivity contribution in [3.05, 3.63) is 29.8 Å². The van der Waals surface area contributed by atoms with Crippen LogP contribution in [0.2, 0.25) is 0 Å². The molecule has 3 rings (SSSR count). The van der Waals surface area contributed by atoms with Gasteiger partial charge in [-0.15, -0.1) is 0 Å². The molecule has 1 amide bonds. The molecule has 136 valence electrons. The van der Waals surface area contributed by atoms with E-state index >= 15 is 0 Å². The van der Waals surface area contributed by atoms with Crippen LogP contribution in [-0.2, 0) is 20.5 Å². The molecule has 2 aliphatic rings. The standard InChI is InChI=1S/C18H24BF2NO3/c1-16(2)17(3,4)25-19(24-16)14-7-5-13(6-8-14)11-15(23)22-10-9-18(20,21)12-22/h5-8H,9-12H2,1-4H3. The zero-order valence-corrected chi connectivity index (χ0v) is 15.1. The fraction of sp³-hybridized carbons (Fsp3) is 0.611. The lowest BCUT2D eigenvalue weighted by atomic mass is 9.79. The lowest BCUT2D eigenvalue weighted by Crippen LogP contribution is -2.41. The van der Waals surface area contributed by atoms with E-state index in [1.165, 1.54) is 4.90 Å². The van der Waals surface area contributed by atoms with Gasteiger partial charge in [0.15, 0.2) is 0 Å². The molecular formula is C18H24BF2NO3. The van der Waals surface area contributed by atoms with E-state index in [0.29, 0.717) is 0 Å². The Kier molecular flexibility index (Phi) is 4.44. The van der Waals surface area contributed by atoms with Gasteiger partial charge in [0, 0.05) is 13.0 Å². The zero-order valence-electron chi connectivity index (χ0n) is 15.1. The van der Waals surface area contributed by atoms with Gasteiger partial charge in [-0.25, -0.2) is 8.78 Å². The second-order valence-electron chi connectivity index (χ2n) is 7.93. The fourth-order valence-corrected chi connectivity index (χ4v) is 3.01. The Labute approximate surface area is 147 Å². The first kappa shape index (κ1) is 18.3. The van der Waals surface area contributed by atoms with E-state index in [4.69, 9.17) is 9.31 Å². The minimum Gasteiger partial charge on any atom is -0.399 e. The highest BCUT2D eigenvalue weighted by Crippen LogP contribution is 2.36. The molecular weight excluding hydrogens is 327 g/mol. The van der Waals surface area contributed by atoms with Crippen molar-refractivity contribution in [2.24, 2.45) is 0 Å². The minimum absolute atomic E-state index is 0.123. The molecule has 0 atom stereocenters. The predicted octanol–water partition coefficient (Wildman–Crippen LogP) is 2.40. The smallest absolute Gasteiger partial charge is 0.399 e. The number of likely N-dealkylation sites (tertiary alicyclic amines) is 1. The normalized spacial score (nSPS) is 23.9. The number of halogens is 2. The van der Waals surface area contributed by atoms with Gasteiger partial charge in [0.2, 0.25) is 5.91 Å². The van der Waals surface area contributed by atoms with E-state index < -0.39 is 30.8 Å². The molecule has 0 saturated carbocycles. The van der Waals surface area contributed by atoms with Crippen LogP contribution in [0.4, 0.5) is 8.78 Å². The zero-order chi connectivity index (χ0) is 18.5. The Morgan fingerprint density at radius 3 is 2.16 bits per heavy atom. The van der Waals surface area contributed by atoms with Gasteiger partial charge < -0.3 is 14.2 Å². The van der Waals surface area contributed by atoms with Gasteiger partial charge in [0.25, 0.3) is 5.92 Å². The molecule has 0 spiro atoms. The second-order valence-corrected chi connectivity index (χ2v) is 7.93. The lowest BCUT2D eigenvalue weighted by Gasteiger charge is -2.32. The molecule has 0 aliphatic carbocycles. The van der Waals surface area contributed by atoms with Crippen LogP contribution < -0.4 is 5.46 Å². The van der Waals surface area contributed by atoms with Gasteiger partial charge in [-0.05, 0) is 38.7 Å². The van der Waals surface area contributed by atoms with E-state index in [-0.39, 0.29) is 25.3 Å². The number of alkyl halides is 2. The van der Waals surface area contributed by atoms with Crippen LogP contribution in [-0.4, -0.2) is 48.1 Å². The molecule has 0 bridgehead atoms. The van der Waals surface area contributed by atoms with Crippen LogP contribution in [0.5, 0.6) is 0 Å². The summed E-state index contributed by atoms with van der Waals surface area (Å²) < 4.78 is 38.4. The number of hydrogen-bond donors (Lipinski definition) is 0. The maximum absolute atomic E-state index is 13.2. The lowest BCUT2D eigenvalue weighted by molar-refractivity contribution is -0.130. The Morgan fingerprint density at radius 2 is 1.68 bits per heavy atom. The van der Waals surface area contributed by atoms with Gasteiger partial charge in [0.05, 0.1) is 24.2 Å². The number of benzene rings is 1. The number of carbonyl (C=O) groups excluding carboxylic acids is 1. The Hall–Kier alpha value is -1.47. The van der Waals surface area contributed by atoms with Gasteiger partial charge in [0.1, 0.15) is 0 Å². The number of carbonyl (C=O) groups is 1. The van der Waals surface area contributed by atoms with E-state index in [2.05, 4.69) is 0 Å². The second kappa shape index (κ2) is 6.06. The number of nitrogens with zero attached hydrogens (tertiary/aromatic N) is 1.